The van der Waals surface area contributed by atoms with E-state index in [0.717, 1.165) is 16.6 Å². The van der Waals surface area contributed by atoms with Gasteiger partial charge in [0.1, 0.15) is 5.82 Å². The van der Waals surface area contributed by atoms with Gasteiger partial charge in [0.25, 0.3) is 0 Å². The molecule has 0 fully saturated rings. The summed E-state index contributed by atoms with van der Waals surface area (Å²) in [6.45, 7) is 0. The maximum atomic E-state index is 13.2. The molecule has 4 rings (SSSR count). The molecule has 2 heterocycles. The second-order valence-electron chi connectivity index (χ2n) is 5.63. The number of imidazole rings is 1. The third-order valence-electron chi connectivity index (χ3n) is 3.86. The van der Waals surface area contributed by atoms with Crippen molar-refractivity contribution >= 4 is 28.6 Å². The van der Waals surface area contributed by atoms with Crippen molar-refractivity contribution in [2.75, 3.05) is 10.6 Å². The highest BCUT2D eigenvalue weighted by molar-refractivity contribution is 6.00. The Hall–Kier alpha value is -3.74. The average molecular weight is 347 g/mol. The number of halogens is 1. The van der Waals surface area contributed by atoms with Gasteiger partial charge in [0, 0.05) is 23.1 Å². The predicted molar refractivity (Wildman–Crippen MR) is 98.4 cm³/mol. The lowest BCUT2D eigenvalue weighted by molar-refractivity contribution is 0.262. The van der Waals surface area contributed by atoms with Crippen LogP contribution in [-0.2, 0) is 0 Å². The number of aromatic nitrogens is 3. The Morgan fingerprint density at radius 2 is 1.77 bits per heavy atom. The highest BCUT2D eigenvalue weighted by atomic mass is 19.1. The monoisotopic (exact) mass is 347 g/mol. The number of H-pyrrole nitrogens is 1. The summed E-state index contributed by atoms with van der Waals surface area (Å²) in [6.07, 6.45) is 3.31. The fraction of sp³-hybridized carbons (Fsp3) is 0. The molecule has 6 nitrogen and oxygen atoms in total. The molecular formula is C19H14FN5O. The first-order valence-corrected chi connectivity index (χ1v) is 7.91. The number of aromatic amines is 1. The molecule has 128 valence electrons. The van der Waals surface area contributed by atoms with Crippen LogP contribution in [0.3, 0.4) is 0 Å². The van der Waals surface area contributed by atoms with Gasteiger partial charge in [0.15, 0.2) is 5.65 Å². The van der Waals surface area contributed by atoms with Crippen LogP contribution in [0.1, 0.15) is 0 Å². The van der Waals surface area contributed by atoms with Crippen LogP contribution in [0.25, 0.3) is 22.3 Å². The largest absolute Gasteiger partial charge is 0.343 e. The van der Waals surface area contributed by atoms with Crippen LogP contribution in [0, 0.1) is 5.82 Å². The Bertz CT molecular complexity index is 1070. The molecular weight excluding hydrogens is 333 g/mol. The van der Waals surface area contributed by atoms with Gasteiger partial charge in [-0.1, -0.05) is 18.2 Å². The van der Waals surface area contributed by atoms with Crippen molar-refractivity contribution in [1.82, 2.24) is 15.0 Å². The molecule has 0 atom stereocenters. The first kappa shape index (κ1) is 15.8. The maximum absolute atomic E-state index is 13.2. The summed E-state index contributed by atoms with van der Waals surface area (Å²) >= 11 is 0. The van der Waals surface area contributed by atoms with E-state index in [-0.39, 0.29) is 0 Å². The zero-order valence-electron chi connectivity index (χ0n) is 13.5. The predicted octanol–water partition coefficient (Wildman–Crippen LogP) is 4.41. The van der Waals surface area contributed by atoms with Gasteiger partial charge in [0.05, 0.1) is 11.8 Å². The number of benzene rings is 2. The number of urea groups is 1. The summed E-state index contributed by atoms with van der Waals surface area (Å²) in [6, 6.07) is 14.6. The van der Waals surface area contributed by atoms with Crippen LogP contribution in [0.2, 0.25) is 0 Å². The van der Waals surface area contributed by atoms with Crippen LogP contribution in [0.4, 0.5) is 20.6 Å². The van der Waals surface area contributed by atoms with Crippen molar-refractivity contribution in [3.8, 4) is 11.1 Å². The summed E-state index contributed by atoms with van der Waals surface area (Å²) in [4.78, 5) is 23.4. The Morgan fingerprint density at radius 3 is 2.58 bits per heavy atom. The second-order valence-corrected chi connectivity index (χ2v) is 5.63. The van der Waals surface area contributed by atoms with E-state index < -0.39 is 11.8 Å². The van der Waals surface area contributed by atoms with Crippen LogP contribution in [-0.4, -0.2) is 21.0 Å². The number of pyridine rings is 1. The van der Waals surface area contributed by atoms with E-state index in [2.05, 4.69) is 25.6 Å². The Balaban J connectivity index is 1.49. The molecule has 0 bridgehead atoms. The van der Waals surface area contributed by atoms with Gasteiger partial charge in [-0.3, -0.25) is 0 Å². The molecule has 0 radical (unpaired) electrons. The van der Waals surface area contributed by atoms with E-state index in [1.165, 1.54) is 18.2 Å². The molecule has 0 saturated heterocycles. The molecule has 4 aromatic rings. The fourth-order valence-corrected chi connectivity index (χ4v) is 2.68. The molecule has 2 amide bonds. The summed E-state index contributed by atoms with van der Waals surface area (Å²) in [5.74, 6) is -0.408. The molecule has 0 aliphatic rings. The standard InChI is InChI=1S/C19H14FN5O/c20-13-2-1-3-15(10-13)25-19(26)24-14-6-4-12(5-7-14)16-8-9-21-18-17(16)22-11-23-18/h1-11H,(H,21,22,23)(H2,24,25,26). The molecule has 3 N–H and O–H groups in total. The van der Waals surface area contributed by atoms with Crippen molar-refractivity contribution in [2.45, 2.75) is 0 Å². The first-order valence-electron chi connectivity index (χ1n) is 7.91. The Morgan fingerprint density at radius 1 is 0.962 bits per heavy atom. The number of hydrogen-bond donors (Lipinski definition) is 3. The highest BCUT2D eigenvalue weighted by Crippen LogP contribution is 2.26. The van der Waals surface area contributed by atoms with E-state index in [4.69, 9.17) is 0 Å². The number of fused-ring (bicyclic) bond motifs is 1. The third-order valence-corrected chi connectivity index (χ3v) is 3.86. The SMILES string of the molecule is O=C(Nc1ccc(-c2ccnc3nc[nH]c23)cc1)Nc1cccc(F)c1. The lowest BCUT2D eigenvalue weighted by Gasteiger charge is -2.09. The lowest BCUT2D eigenvalue weighted by Crippen LogP contribution is -2.19. The number of nitrogens with zero attached hydrogens (tertiary/aromatic N) is 2. The lowest BCUT2D eigenvalue weighted by atomic mass is 10.1. The van der Waals surface area contributed by atoms with Crippen molar-refractivity contribution in [3.05, 3.63) is 72.9 Å². The van der Waals surface area contributed by atoms with Gasteiger partial charge in [-0.15, -0.1) is 0 Å². The number of anilines is 2. The highest BCUT2D eigenvalue weighted by Gasteiger charge is 2.08. The first-order chi connectivity index (χ1) is 12.7. The van der Waals surface area contributed by atoms with Crippen molar-refractivity contribution in [1.29, 1.82) is 0 Å². The number of nitrogens with one attached hydrogen (secondary N) is 3. The molecule has 26 heavy (non-hydrogen) atoms. The summed E-state index contributed by atoms with van der Waals surface area (Å²) in [7, 11) is 0. The number of hydrogen-bond acceptors (Lipinski definition) is 3. The minimum absolute atomic E-state index is 0.387. The van der Waals surface area contributed by atoms with Crippen LogP contribution >= 0.6 is 0 Å². The minimum atomic E-state index is -0.441. The maximum Gasteiger partial charge on any atom is 0.323 e. The molecule has 0 spiro atoms. The average Bonchev–Trinajstić information content (AvgIpc) is 3.11. The van der Waals surface area contributed by atoms with Gasteiger partial charge in [-0.05, 0) is 42.0 Å². The van der Waals surface area contributed by atoms with E-state index in [0.29, 0.717) is 17.0 Å². The molecule has 0 saturated carbocycles. The summed E-state index contributed by atoms with van der Waals surface area (Å²) < 4.78 is 13.2. The van der Waals surface area contributed by atoms with E-state index in [1.54, 1.807) is 30.7 Å². The molecule has 2 aromatic carbocycles. The third kappa shape index (κ3) is 3.23. The van der Waals surface area contributed by atoms with E-state index in [1.807, 2.05) is 18.2 Å². The van der Waals surface area contributed by atoms with Crippen molar-refractivity contribution in [3.63, 3.8) is 0 Å². The summed E-state index contributed by atoms with van der Waals surface area (Å²) in [5.41, 5.74) is 4.47. The molecule has 0 unspecified atom stereocenters. The Labute approximate surface area is 148 Å². The number of carbonyl (C=O) groups is 1. The topological polar surface area (TPSA) is 82.7 Å². The molecule has 2 aromatic heterocycles. The summed E-state index contributed by atoms with van der Waals surface area (Å²) in [5, 5.41) is 5.30. The second kappa shape index (κ2) is 6.64. The van der Waals surface area contributed by atoms with Gasteiger partial charge >= 0.3 is 6.03 Å². The number of rotatable bonds is 3. The zero-order chi connectivity index (χ0) is 17.9. The van der Waals surface area contributed by atoms with Gasteiger partial charge in [-0.25, -0.2) is 19.2 Å². The van der Waals surface area contributed by atoms with Gasteiger partial charge < -0.3 is 15.6 Å². The molecule has 0 aliphatic carbocycles. The van der Waals surface area contributed by atoms with Crippen LogP contribution < -0.4 is 10.6 Å². The number of carbonyl (C=O) groups excluding carboxylic acids is 1. The fourth-order valence-electron chi connectivity index (χ4n) is 2.68. The molecule has 7 heteroatoms. The van der Waals surface area contributed by atoms with Crippen molar-refractivity contribution < 1.29 is 9.18 Å². The van der Waals surface area contributed by atoms with E-state index >= 15 is 0 Å². The van der Waals surface area contributed by atoms with E-state index in [9.17, 15) is 9.18 Å². The minimum Gasteiger partial charge on any atom is -0.343 e. The number of amides is 2. The Kier molecular flexibility index (Phi) is 4.03. The van der Waals surface area contributed by atoms with Crippen LogP contribution in [0.15, 0.2) is 67.1 Å². The van der Waals surface area contributed by atoms with Gasteiger partial charge in [0.2, 0.25) is 0 Å². The normalized spacial score (nSPS) is 10.7. The smallest absolute Gasteiger partial charge is 0.323 e. The molecule has 0 aliphatic heterocycles. The quantitative estimate of drug-likeness (QED) is 0.513. The van der Waals surface area contributed by atoms with Crippen molar-refractivity contribution in [2.24, 2.45) is 0 Å². The van der Waals surface area contributed by atoms with Gasteiger partial charge in [-0.2, -0.15) is 0 Å². The van der Waals surface area contributed by atoms with Crippen LogP contribution in [0.5, 0.6) is 0 Å². The zero-order valence-corrected chi connectivity index (χ0v) is 13.5.